The third-order valence-electron chi connectivity index (χ3n) is 5.81. The Hall–Kier alpha value is -3.77. The minimum atomic E-state index is -0.396. The predicted octanol–water partition coefficient (Wildman–Crippen LogP) is 7.95. The summed E-state index contributed by atoms with van der Waals surface area (Å²) in [7, 11) is 0. The topological polar surface area (TPSA) is 0 Å². The molecule has 0 radical (unpaired) electrons. The maximum Gasteiger partial charge on any atom is 0.139 e. The molecule has 0 aliphatic heterocycles. The highest BCUT2D eigenvalue weighted by Crippen LogP contribution is 2.19. The molecule has 0 unspecified atom stereocenters. The van der Waals surface area contributed by atoms with E-state index in [2.05, 4.69) is 17.9 Å². The number of hydrogen-bond acceptors (Lipinski definition) is 0. The minimum Gasteiger partial charge on any atom is -0.207 e. The molecule has 0 aromatic heterocycles. The minimum absolute atomic E-state index is 0.209. The number of halogens is 3. The van der Waals surface area contributed by atoms with Gasteiger partial charge in [-0.3, -0.25) is 0 Å². The van der Waals surface area contributed by atoms with Crippen LogP contribution in [0.1, 0.15) is 41.2 Å². The summed E-state index contributed by atoms with van der Waals surface area (Å²) in [6.45, 7) is 1.97. The molecule has 0 N–H and O–H groups in total. The molecule has 3 heteroatoms. The van der Waals surface area contributed by atoms with Crippen molar-refractivity contribution in [2.24, 2.45) is 0 Å². The molecule has 0 heterocycles. The van der Waals surface area contributed by atoms with E-state index in [1.807, 2.05) is 37.3 Å². The van der Waals surface area contributed by atoms with Crippen molar-refractivity contribution < 1.29 is 13.2 Å². The number of fused-ring (bicyclic) bond motifs is 1. The molecule has 0 spiro atoms. The maximum absolute atomic E-state index is 14.6. The molecule has 4 rings (SSSR count). The first-order valence-corrected chi connectivity index (χ1v) is 11.4. The Bertz CT molecular complexity index is 1400. The van der Waals surface area contributed by atoms with Crippen LogP contribution >= 0.6 is 0 Å². The van der Waals surface area contributed by atoms with Crippen LogP contribution in [0.15, 0.2) is 84.9 Å². The summed E-state index contributed by atoms with van der Waals surface area (Å²) >= 11 is 0. The fourth-order valence-corrected chi connectivity index (χ4v) is 3.89. The molecule has 0 atom stereocenters. The Labute approximate surface area is 198 Å². The van der Waals surface area contributed by atoms with Crippen LogP contribution in [0.4, 0.5) is 13.2 Å². The van der Waals surface area contributed by atoms with E-state index in [0.717, 1.165) is 40.3 Å². The fourth-order valence-electron chi connectivity index (χ4n) is 3.89. The van der Waals surface area contributed by atoms with Crippen LogP contribution in [0.2, 0.25) is 0 Å². The zero-order valence-electron chi connectivity index (χ0n) is 19.0. The van der Waals surface area contributed by atoms with Crippen LogP contribution in [0.5, 0.6) is 0 Å². The van der Waals surface area contributed by atoms with Gasteiger partial charge in [0.15, 0.2) is 0 Å². The normalized spacial score (nSPS) is 11.1. The molecule has 0 bridgehead atoms. The number of rotatable bonds is 6. The van der Waals surface area contributed by atoms with Gasteiger partial charge in [-0.2, -0.15) is 0 Å². The van der Waals surface area contributed by atoms with E-state index in [0.29, 0.717) is 24.0 Å². The summed E-state index contributed by atoms with van der Waals surface area (Å²) in [5.41, 5.74) is 3.45. The summed E-state index contributed by atoms with van der Waals surface area (Å²) in [5.74, 6) is 4.97. The zero-order valence-corrected chi connectivity index (χ0v) is 19.0. The summed E-state index contributed by atoms with van der Waals surface area (Å²) in [4.78, 5) is 0. The lowest BCUT2D eigenvalue weighted by atomic mass is 10.00. The lowest BCUT2D eigenvalue weighted by molar-refractivity contribution is 0.605. The van der Waals surface area contributed by atoms with Gasteiger partial charge in [0, 0.05) is 5.56 Å². The largest absolute Gasteiger partial charge is 0.207 e. The molecule has 0 saturated carbocycles. The number of benzene rings is 4. The maximum atomic E-state index is 14.6. The smallest absolute Gasteiger partial charge is 0.139 e. The lowest BCUT2D eigenvalue weighted by Crippen LogP contribution is -1.98. The SMILES string of the molecule is C/C=C/CCc1ccc(CCc2ccc(C#Cc3ccc4cc(F)ccc4c3)c(F)c2)c(F)c1. The second-order valence-electron chi connectivity index (χ2n) is 8.30. The van der Waals surface area contributed by atoms with Crippen LogP contribution < -0.4 is 0 Å². The van der Waals surface area contributed by atoms with E-state index in [-0.39, 0.29) is 11.6 Å². The Morgan fingerprint density at radius 1 is 0.676 bits per heavy atom. The van der Waals surface area contributed by atoms with E-state index in [1.54, 1.807) is 30.3 Å². The van der Waals surface area contributed by atoms with Crippen molar-refractivity contribution in [3.63, 3.8) is 0 Å². The van der Waals surface area contributed by atoms with Crippen molar-refractivity contribution in [1.82, 2.24) is 0 Å². The van der Waals surface area contributed by atoms with Crippen LogP contribution in [0.3, 0.4) is 0 Å². The molecular formula is C31H25F3. The molecule has 0 fully saturated rings. The van der Waals surface area contributed by atoms with Crippen molar-refractivity contribution in [3.8, 4) is 11.8 Å². The van der Waals surface area contributed by atoms with Gasteiger partial charge >= 0.3 is 0 Å². The first-order valence-electron chi connectivity index (χ1n) is 11.4. The Morgan fingerprint density at radius 3 is 2.21 bits per heavy atom. The molecular weight excluding hydrogens is 429 g/mol. The standard InChI is InChI=1S/C31H25F3/c1-2-3-4-5-22-6-11-25(30(33)19-22)13-8-24-9-14-26(31(34)20-24)12-7-23-10-15-28-21-29(32)17-16-27(28)18-23/h2-3,6,9-11,14-21H,4-5,8,13H2,1H3/b3-2+. The third kappa shape index (κ3) is 5.97. The quantitative estimate of drug-likeness (QED) is 0.205. The first kappa shape index (κ1) is 23.4. The highest BCUT2D eigenvalue weighted by Gasteiger charge is 2.07. The summed E-state index contributed by atoms with van der Waals surface area (Å²) < 4.78 is 42.4. The first-order chi connectivity index (χ1) is 16.5. The van der Waals surface area contributed by atoms with E-state index >= 15 is 0 Å². The van der Waals surface area contributed by atoms with Crippen LogP contribution in [0.25, 0.3) is 10.8 Å². The van der Waals surface area contributed by atoms with Gasteiger partial charge in [0.05, 0.1) is 5.56 Å². The van der Waals surface area contributed by atoms with E-state index in [1.165, 1.54) is 18.2 Å². The highest BCUT2D eigenvalue weighted by atomic mass is 19.1. The van der Waals surface area contributed by atoms with Gasteiger partial charge in [-0.15, -0.1) is 0 Å². The zero-order chi connectivity index (χ0) is 23.9. The molecule has 34 heavy (non-hydrogen) atoms. The third-order valence-corrected chi connectivity index (χ3v) is 5.81. The average molecular weight is 455 g/mol. The number of aryl methyl sites for hydroxylation is 3. The van der Waals surface area contributed by atoms with Crippen LogP contribution in [0, 0.1) is 29.3 Å². The molecule has 4 aromatic rings. The monoisotopic (exact) mass is 454 g/mol. The predicted molar refractivity (Wildman–Crippen MR) is 133 cm³/mol. The van der Waals surface area contributed by atoms with Gasteiger partial charge in [0.25, 0.3) is 0 Å². The van der Waals surface area contributed by atoms with Crippen molar-refractivity contribution in [3.05, 3.63) is 130 Å². The fraction of sp³-hybridized carbons (Fsp3) is 0.161. The molecule has 4 aromatic carbocycles. The Morgan fingerprint density at radius 2 is 1.41 bits per heavy atom. The van der Waals surface area contributed by atoms with Gasteiger partial charge in [0.1, 0.15) is 17.5 Å². The van der Waals surface area contributed by atoms with Crippen LogP contribution in [-0.4, -0.2) is 0 Å². The summed E-state index contributed by atoms with van der Waals surface area (Å²) in [6.07, 6.45) is 6.81. The van der Waals surface area contributed by atoms with Gasteiger partial charge in [0.2, 0.25) is 0 Å². The Kier molecular flexibility index (Phi) is 7.50. The van der Waals surface area contributed by atoms with E-state index in [4.69, 9.17) is 0 Å². The van der Waals surface area contributed by atoms with Gasteiger partial charge in [-0.1, -0.05) is 54.3 Å². The van der Waals surface area contributed by atoms with Crippen molar-refractivity contribution in [2.45, 2.75) is 32.6 Å². The molecule has 0 amide bonds. The number of hydrogen-bond donors (Lipinski definition) is 0. The van der Waals surface area contributed by atoms with Gasteiger partial charge in [-0.25, -0.2) is 13.2 Å². The summed E-state index contributed by atoms with van der Waals surface area (Å²) in [5, 5.41) is 1.67. The summed E-state index contributed by atoms with van der Waals surface area (Å²) in [6, 6.07) is 20.4. The van der Waals surface area contributed by atoms with E-state index < -0.39 is 5.82 Å². The second kappa shape index (κ2) is 10.9. The average Bonchev–Trinajstić information content (AvgIpc) is 2.83. The molecule has 0 aliphatic rings. The Balaban J connectivity index is 1.42. The van der Waals surface area contributed by atoms with Crippen molar-refractivity contribution in [2.75, 3.05) is 0 Å². The van der Waals surface area contributed by atoms with Crippen LogP contribution in [-0.2, 0) is 19.3 Å². The van der Waals surface area contributed by atoms with Gasteiger partial charge < -0.3 is 0 Å². The highest BCUT2D eigenvalue weighted by molar-refractivity contribution is 5.84. The molecule has 170 valence electrons. The van der Waals surface area contributed by atoms with E-state index in [9.17, 15) is 13.2 Å². The molecule has 0 nitrogen and oxygen atoms in total. The van der Waals surface area contributed by atoms with Crippen molar-refractivity contribution in [1.29, 1.82) is 0 Å². The van der Waals surface area contributed by atoms with Gasteiger partial charge in [-0.05, 0) is 103 Å². The molecule has 0 saturated heterocycles. The molecule has 0 aliphatic carbocycles. The van der Waals surface area contributed by atoms with Crippen molar-refractivity contribution >= 4 is 10.8 Å². The second-order valence-corrected chi connectivity index (χ2v) is 8.30. The number of allylic oxidation sites excluding steroid dienone is 2. The lowest BCUT2D eigenvalue weighted by Gasteiger charge is -2.07.